The van der Waals surface area contributed by atoms with Crippen molar-refractivity contribution >= 4 is 5.90 Å². The third-order valence-electron chi connectivity index (χ3n) is 2.32. The SMILES string of the molecule is C=C(C=CC(=CC)OC)COC(C)=NC(C)(C)CO. The standard InChI is InChI=1S/C15H25NO3/c1-7-14(18-6)9-8-12(2)10-19-13(3)16-15(4,5)11-17/h7-9,17H,2,10-11H2,1,3-6H3. The van der Waals surface area contributed by atoms with Crippen molar-refractivity contribution in [1.29, 1.82) is 0 Å². The zero-order valence-corrected chi connectivity index (χ0v) is 12.6. The molecule has 108 valence electrons. The minimum atomic E-state index is -0.518. The van der Waals surface area contributed by atoms with Crippen LogP contribution >= 0.6 is 0 Å². The Labute approximate surface area is 116 Å². The van der Waals surface area contributed by atoms with Crippen molar-refractivity contribution in [3.8, 4) is 0 Å². The van der Waals surface area contributed by atoms with Crippen LogP contribution in [0.4, 0.5) is 0 Å². The number of ether oxygens (including phenoxy) is 2. The lowest BCUT2D eigenvalue weighted by Crippen LogP contribution is -2.24. The lowest BCUT2D eigenvalue weighted by Gasteiger charge is -2.17. The van der Waals surface area contributed by atoms with Gasteiger partial charge in [-0.2, -0.15) is 0 Å². The summed E-state index contributed by atoms with van der Waals surface area (Å²) in [6.45, 7) is 11.6. The van der Waals surface area contributed by atoms with Crippen molar-refractivity contribution in [1.82, 2.24) is 0 Å². The van der Waals surface area contributed by atoms with Gasteiger partial charge < -0.3 is 14.6 Å². The fourth-order valence-electron chi connectivity index (χ4n) is 1.22. The molecule has 19 heavy (non-hydrogen) atoms. The first-order valence-corrected chi connectivity index (χ1v) is 6.21. The highest BCUT2D eigenvalue weighted by Crippen LogP contribution is 2.08. The Bertz CT molecular complexity index is 379. The van der Waals surface area contributed by atoms with Crippen LogP contribution in [0.2, 0.25) is 0 Å². The summed E-state index contributed by atoms with van der Waals surface area (Å²) in [6.07, 6.45) is 5.53. The number of methoxy groups -OCH3 is 1. The van der Waals surface area contributed by atoms with Crippen molar-refractivity contribution < 1.29 is 14.6 Å². The molecule has 0 radical (unpaired) electrons. The van der Waals surface area contributed by atoms with E-state index in [1.807, 2.05) is 39.0 Å². The Morgan fingerprint density at radius 1 is 1.37 bits per heavy atom. The number of aliphatic hydroxyl groups excluding tert-OH is 1. The molecule has 1 N–H and O–H groups in total. The maximum absolute atomic E-state index is 9.11. The van der Waals surface area contributed by atoms with E-state index in [1.54, 1.807) is 14.0 Å². The summed E-state index contributed by atoms with van der Waals surface area (Å²) in [5.41, 5.74) is 0.294. The second-order valence-electron chi connectivity index (χ2n) is 4.78. The zero-order chi connectivity index (χ0) is 14.9. The molecule has 0 spiro atoms. The summed E-state index contributed by atoms with van der Waals surface area (Å²) in [4.78, 5) is 4.27. The molecular weight excluding hydrogens is 242 g/mol. The molecule has 0 rings (SSSR count). The molecule has 0 fully saturated rings. The Morgan fingerprint density at radius 2 is 2.00 bits per heavy atom. The smallest absolute Gasteiger partial charge is 0.181 e. The number of allylic oxidation sites excluding steroid dienone is 2. The van der Waals surface area contributed by atoms with Crippen molar-refractivity contribution in [2.24, 2.45) is 4.99 Å². The highest BCUT2D eigenvalue weighted by molar-refractivity contribution is 5.73. The molecule has 0 aromatic rings. The summed E-state index contributed by atoms with van der Waals surface area (Å²) < 4.78 is 10.6. The largest absolute Gasteiger partial charge is 0.497 e. The van der Waals surface area contributed by atoms with Crippen LogP contribution in [0.25, 0.3) is 0 Å². The molecule has 0 saturated carbocycles. The van der Waals surface area contributed by atoms with Gasteiger partial charge in [0.05, 0.1) is 19.3 Å². The molecular formula is C15H25NO3. The molecule has 0 aliphatic carbocycles. The monoisotopic (exact) mass is 267 g/mol. The second-order valence-corrected chi connectivity index (χ2v) is 4.78. The number of rotatable bonds is 7. The minimum absolute atomic E-state index is 0.0208. The second kappa shape index (κ2) is 8.53. The van der Waals surface area contributed by atoms with Crippen molar-refractivity contribution in [2.75, 3.05) is 20.3 Å². The first kappa shape index (κ1) is 17.4. The maximum atomic E-state index is 9.11. The van der Waals surface area contributed by atoms with Crippen LogP contribution in [0.1, 0.15) is 27.7 Å². The lowest BCUT2D eigenvalue weighted by molar-refractivity contribution is 0.217. The lowest BCUT2D eigenvalue weighted by atomic mass is 10.1. The number of aliphatic hydroxyl groups is 1. The molecule has 0 bridgehead atoms. The molecule has 0 aliphatic rings. The fraction of sp³-hybridized carbons (Fsp3) is 0.533. The van der Waals surface area contributed by atoms with Crippen LogP contribution in [-0.4, -0.2) is 36.9 Å². The van der Waals surface area contributed by atoms with Gasteiger partial charge in [0.1, 0.15) is 12.4 Å². The number of nitrogens with zero attached hydrogens (tertiary/aromatic N) is 1. The molecule has 0 amide bonds. The van der Waals surface area contributed by atoms with Crippen LogP contribution in [0.15, 0.2) is 41.1 Å². The van der Waals surface area contributed by atoms with Crippen LogP contribution in [0, 0.1) is 0 Å². The van der Waals surface area contributed by atoms with Gasteiger partial charge in [0, 0.05) is 6.92 Å². The van der Waals surface area contributed by atoms with Gasteiger partial charge in [0.2, 0.25) is 0 Å². The molecule has 0 heterocycles. The van der Waals surface area contributed by atoms with Gasteiger partial charge in [0.15, 0.2) is 5.90 Å². The van der Waals surface area contributed by atoms with Gasteiger partial charge in [-0.25, -0.2) is 4.99 Å². The van der Waals surface area contributed by atoms with E-state index in [1.165, 1.54) is 0 Å². The third kappa shape index (κ3) is 8.21. The molecule has 0 aromatic heterocycles. The predicted octanol–water partition coefficient (Wildman–Crippen LogP) is 2.85. The Morgan fingerprint density at radius 3 is 2.47 bits per heavy atom. The van der Waals surface area contributed by atoms with Gasteiger partial charge in [-0.1, -0.05) is 12.7 Å². The summed E-state index contributed by atoms with van der Waals surface area (Å²) in [6, 6.07) is 0. The number of hydrogen-bond acceptors (Lipinski definition) is 4. The van der Waals surface area contributed by atoms with E-state index in [4.69, 9.17) is 14.6 Å². The van der Waals surface area contributed by atoms with E-state index in [-0.39, 0.29) is 6.61 Å². The van der Waals surface area contributed by atoms with E-state index in [0.29, 0.717) is 12.5 Å². The predicted molar refractivity (Wildman–Crippen MR) is 79.3 cm³/mol. The maximum Gasteiger partial charge on any atom is 0.181 e. The summed E-state index contributed by atoms with van der Waals surface area (Å²) in [5.74, 6) is 1.31. The van der Waals surface area contributed by atoms with Crippen molar-refractivity contribution in [2.45, 2.75) is 33.2 Å². The summed E-state index contributed by atoms with van der Waals surface area (Å²) in [7, 11) is 1.62. The number of hydrogen-bond donors (Lipinski definition) is 1. The van der Waals surface area contributed by atoms with Crippen molar-refractivity contribution in [3.05, 3.63) is 36.1 Å². The molecule has 4 nitrogen and oxygen atoms in total. The zero-order valence-electron chi connectivity index (χ0n) is 12.6. The normalized spacial score (nSPS) is 13.8. The van der Waals surface area contributed by atoms with Gasteiger partial charge >= 0.3 is 0 Å². The topological polar surface area (TPSA) is 51.0 Å². The van der Waals surface area contributed by atoms with E-state index in [2.05, 4.69) is 11.6 Å². The van der Waals surface area contributed by atoms with Crippen LogP contribution < -0.4 is 0 Å². The number of aliphatic imine (C=N–C) groups is 1. The summed E-state index contributed by atoms with van der Waals surface area (Å²) in [5, 5.41) is 9.11. The van der Waals surface area contributed by atoms with Gasteiger partial charge in [-0.05, 0) is 38.5 Å². The third-order valence-corrected chi connectivity index (χ3v) is 2.32. The fourth-order valence-corrected chi connectivity index (χ4v) is 1.22. The summed E-state index contributed by atoms with van der Waals surface area (Å²) >= 11 is 0. The molecule has 0 aliphatic heterocycles. The van der Waals surface area contributed by atoms with E-state index >= 15 is 0 Å². The molecule has 4 heteroatoms. The van der Waals surface area contributed by atoms with Crippen LogP contribution in [-0.2, 0) is 9.47 Å². The molecule has 0 unspecified atom stereocenters. The van der Waals surface area contributed by atoms with E-state index in [0.717, 1.165) is 11.3 Å². The Balaban J connectivity index is 4.32. The van der Waals surface area contributed by atoms with Gasteiger partial charge in [-0.3, -0.25) is 0 Å². The van der Waals surface area contributed by atoms with E-state index in [9.17, 15) is 0 Å². The quantitative estimate of drug-likeness (QED) is 0.334. The van der Waals surface area contributed by atoms with Gasteiger partial charge in [-0.15, -0.1) is 0 Å². The Hall–Kier alpha value is -1.55. The first-order valence-electron chi connectivity index (χ1n) is 6.21. The average molecular weight is 267 g/mol. The van der Waals surface area contributed by atoms with Crippen LogP contribution in [0.3, 0.4) is 0 Å². The molecule has 0 atom stereocenters. The van der Waals surface area contributed by atoms with E-state index < -0.39 is 5.54 Å². The highest BCUT2D eigenvalue weighted by atomic mass is 16.5. The van der Waals surface area contributed by atoms with Gasteiger partial charge in [0.25, 0.3) is 0 Å². The van der Waals surface area contributed by atoms with Crippen LogP contribution in [0.5, 0.6) is 0 Å². The Kier molecular flexibility index (Phi) is 7.84. The highest BCUT2D eigenvalue weighted by Gasteiger charge is 2.14. The average Bonchev–Trinajstić information content (AvgIpc) is 2.37. The molecule has 0 aromatic carbocycles. The molecule has 0 saturated heterocycles. The van der Waals surface area contributed by atoms with Crippen molar-refractivity contribution in [3.63, 3.8) is 0 Å². The first-order chi connectivity index (χ1) is 8.84. The minimum Gasteiger partial charge on any atom is -0.497 e.